The van der Waals surface area contributed by atoms with Gasteiger partial charge in [0.15, 0.2) is 17.5 Å². The fourth-order valence-corrected chi connectivity index (χ4v) is 12.9. The van der Waals surface area contributed by atoms with Crippen LogP contribution in [0, 0.1) is 27.5 Å². The summed E-state index contributed by atoms with van der Waals surface area (Å²) < 4.78 is 78.3. The van der Waals surface area contributed by atoms with Crippen LogP contribution in [0.2, 0.25) is 5.02 Å². The van der Waals surface area contributed by atoms with Crippen molar-refractivity contribution in [2.24, 2.45) is 35.8 Å². The van der Waals surface area contributed by atoms with Gasteiger partial charge in [0.05, 0.1) is 48.0 Å². The molecule has 0 spiro atoms. The van der Waals surface area contributed by atoms with Gasteiger partial charge in [-0.25, -0.2) is 14.4 Å². The maximum atomic E-state index is 17.0. The highest BCUT2D eigenvalue weighted by molar-refractivity contribution is 6.36. The first-order chi connectivity index (χ1) is 33.2. The number of aliphatic carboxylic acids is 1. The molecule has 10 rings (SSSR count). The van der Waals surface area contributed by atoms with Crippen molar-refractivity contribution in [1.29, 1.82) is 0 Å². The fourth-order valence-electron chi connectivity index (χ4n) is 12.6. The number of aromatic nitrogens is 4. The van der Waals surface area contributed by atoms with Gasteiger partial charge < -0.3 is 29.6 Å². The van der Waals surface area contributed by atoms with E-state index in [0.717, 1.165) is 81.8 Å². The van der Waals surface area contributed by atoms with Crippen molar-refractivity contribution in [2.45, 2.75) is 103 Å². The molecule has 4 heterocycles. The number of halogens is 2. The van der Waals surface area contributed by atoms with Crippen molar-refractivity contribution in [3.8, 4) is 11.1 Å². The number of carboxylic acids is 1. The Kier molecular flexibility index (Phi) is 9.35. The number of carboxylic acid groups (broad SMARTS) is 1. The lowest BCUT2D eigenvalue weighted by Crippen LogP contribution is -2.34. The molecule has 4 fully saturated rings. The third-order valence-corrected chi connectivity index (χ3v) is 16.7. The number of fused-ring (bicyclic) bond motifs is 6. The van der Waals surface area contributed by atoms with Crippen LogP contribution in [0.25, 0.3) is 11.1 Å². The topological polar surface area (TPSA) is 147 Å². The molecule has 64 heavy (non-hydrogen) atoms. The molecule has 13 nitrogen and oxygen atoms in total. The predicted octanol–water partition coefficient (Wildman–Crippen LogP) is 8.25. The molecule has 4 bridgehead atoms. The Morgan fingerprint density at radius 2 is 1.27 bits per heavy atom. The first-order valence-electron chi connectivity index (χ1n) is 25.7. The van der Waals surface area contributed by atoms with Crippen molar-refractivity contribution < 1.29 is 36.8 Å². The largest absolute Gasteiger partial charge is 0.481 e. The lowest BCUT2D eigenvalue weighted by molar-refractivity contribution is -0.148. The minimum absolute atomic E-state index is 0.0124. The average Bonchev–Trinajstić information content (AvgIpc) is 4.21. The molecule has 0 radical (unpaired) electrons. The zero-order chi connectivity index (χ0) is 49.8. The number of ether oxygens (including phenoxy) is 1. The third kappa shape index (κ3) is 7.55. The summed E-state index contributed by atoms with van der Waals surface area (Å²) >= 11 is 6.86. The molecular weight excluding hydrogens is 835 g/mol. The van der Waals surface area contributed by atoms with E-state index in [1.165, 1.54) is 32.1 Å². The number of rotatable bonds is 14. The van der Waals surface area contributed by atoms with Crippen LogP contribution in [0.4, 0.5) is 15.8 Å². The van der Waals surface area contributed by atoms with Gasteiger partial charge in [0, 0.05) is 82.7 Å². The molecule has 0 atom stereocenters. The number of carbonyl (C=O) groups excluding carboxylic acids is 2. The van der Waals surface area contributed by atoms with Crippen molar-refractivity contribution in [3.05, 3.63) is 81.5 Å². The highest BCUT2D eigenvalue weighted by atomic mass is 35.5. The van der Waals surface area contributed by atoms with Gasteiger partial charge in [0.1, 0.15) is 0 Å². The van der Waals surface area contributed by atoms with Crippen LogP contribution in [-0.4, -0.2) is 91.7 Å². The zero-order valence-electron chi connectivity index (χ0n) is 42.9. The molecule has 2 aliphatic heterocycles. The lowest BCUT2D eigenvalue weighted by Gasteiger charge is -2.32. The number of amides is 2. The molecule has 4 aliphatic carbocycles. The quantitative estimate of drug-likeness (QED) is 0.114. The summed E-state index contributed by atoms with van der Waals surface area (Å²) in [5.41, 5.74) is 0.660. The van der Waals surface area contributed by atoms with Gasteiger partial charge >= 0.3 is 5.97 Å². The molecule has 2 aromatic heterocycles. The van der Waals surface area contributed by atoms with Crippen molar-refractivity contribution in [1.82, 2.24) is 28.9 Å². The Bertz CT molecular complexity index is 2860. The highest BCUT2D eigenvalue weighted by Crippen LogP contribution is 2.64. The van der Waals surface area contributed by atoms with Gasteiger partial charge in [0.2, 0.25) is 0 Å². The molecule has 0 saturated heterocycles. The molecule has 6 aliphatic rings. The van der Waals surface area contributed by atoms with Crippen molar-refractivity contribution in [3.63, 3.8) is 0 Å². The normalized spacial score (nSPS) is 28.5. The van der Waals surface area contributed by atoms with Crippen molar-refractivity contribution in [2.75, 3.05) is 50.5 Å². The molecule has 4 saturated carbocycles. The molecule has 3 N–H and O–H groups in total. The van der Waals surface area contributed by atoms with Crippen LogP contribution in [0.3, 0.4) is 0 Å². The number of carbonyl (C=O) groups is 3. The van der Waals surface area contributed by atoms with Crippen LogP contribution in [0.1, 0.15) is 129 Å². The number of benzene rings is 2. The van der Waals surface area contributed by atoms with E-state index in [1.807, 2.05) is 0 Å². The predicted molar refractivity (Wildman–Crippen MR) is 242 cm³/mol. The van der Waals surface area contributed by atoms with E-state index in [2.05, 4.69) is 30.4 Å². The Morgan fingerprint density at radius 3 is 1.81 bits per heavy atom. The van der Waals surface area contributed by atoms with Crippen LogP contribution in [-0.2, 0) is 49.6 Å². The maximum absolute atomic E-state index is 17.0. The second-order valence-corrected chi connectivity index (χ2v) is 20.4. The standard InChI is InChI=1S/C49H60ClFN8O5/c1-56-37-11-23-59(25-21-47-16-18-49(29-47,19-17-47)45(62)63)27-35(37)52-41(56)43(60)54-33-8-4-6-31(39(33)50)32-7-5-9-34(40(32)51)55-44(61)42-53-36-26-58(22-10-38(36)57(42)2)24-20-46-12-14-48(28-46,15-13-46)30-64-3/h4-9H,10-30H2,1-3H3,(H,54,60)(H,55,61)(H,62,63)/i4D,5D,6D,7D,8D,9D. The van der Waals surface area contributed by atoms with Gasteiger partial charge in [-0.05, 0) is 118 Å². The molecular formula is C49H60ClFN8O5. The third-order valence-electron chi connectivity index (χ3n) is 16.4. The summed E-state index contributed by atoms with van der Waals surface area (Å²) in [6, 6.07) is -4.60. The van der Waals surface area contributed by atoms with Crippen molar-refractivity contribution >= 4 is 40.8 Å². The van der Waals surface area contributed by atoms with E-state index in [1.54, 1.807) is 30.3 Å². The van der Waals surface area contributed by atoms with Gasteiger partial charge in [-0.15, -0.1) is 0 Å². The van der Waals surface area contributed by atoms with E-state index in [0.29, 0.717) is 55.4 Å². The summed E-state index contributed by atoms with van der Waals surface area (Å²) in [5, 5.41) is 14.3. The van der Waals surface area contributed by atoms with E-state index in [9.17, 15) is 19.5 Å². The summed E-state index contributed by atoms with van der Waals surface area (Å²) in [6.45, 7) is 4.99. The minimum Gasteiger partial charge on any atom is -0.481 e. The second-order valence-electron chi connectivity index (χ2n) is 20.0. The molecule has 2 aromatic carbocycles. The van der Waals surface area contributed by atoms with E-state index in [-0.39, 0.29) is 17.1 Å². The molecule has 2 amide bonds. The average molecular weight is 902 g/mol. The second kappa shape index (κ2) is 16.4. The number of hydrogen-bond donors (Lipinski definition) is 3. The number of imidazole rings is 2. The number of methoxy groups -OCH3 is 1. The van der Waals surface area contributed by atoms with Gasteiger partial charge in [-0.1, -0.05) is 35.8 Å². The smallest absolute Gasteiger partial charge is 0.309 e. The minimum atomic E-state index is -1.36. The van der Waals surface area contributed by atoms with Gasteiger partial charge in [-0.2, -0.15) is 0 Å². The van der Waals surface area contributed by atoms with Crippen LogP contribution in [0.5, 0.6) is 0 Å². The first-order valence-corrected chi connectivity index (χ1v) is 23.1. The highest BCUT2D eigenvalue weighted by Gasteiger charge is 2.58. The SMILES string of the molecule is [2H]c1c([2H])c(NC(=O)c2nc3c(n2C)CCN(CCC24CCC(COC)(CC2)C4)C3)c(F)c(-c2c([2H])c([2H])c([2H])c(NC(=O)c3nc4c(n3C)CCN(CCC35CCC(C(=O)O)(CC3)C5)C4)c2Cl)c1[2H]. The van der Waals surface area contributed by atoms with Gasteiger partial charge in [0.25, 0.3) is 11.8 Å². The van der Waals surface area contributed by atoms with Crippen LogP contribution < -0.4 is 10.6 Å². The lowest BCUT2D eigenvalue weighted by atomic mass is 9.80. The van der Waals surface area contributed by atoms with Gasteiger partial charge in [-0.3, -0.25) is 24.2 Å². The molecule has 0 unspecified atom stereocenters. The van der Waals surface area contributed by atoms with Crippen LogP contribution in [0.15, 0.2) is 36.3 Å². The van der Waals surface area contributed by atoms with E-state index < -0.39 is 92.8 Å². The Balaban J connectivity index is 0.858. The summed E-state index contributed by atoms with van der Waals surface area (Å²) in [6.07, 6.45) is 13.2. The summed E-state index contributed by atoms with van der Waals surface area (Å²) in [5.74, 6) is -3.74. The Hall–Kier alpha value is -4.63. The number of hydrogen-bond acceptors (Lipinski definition) is 8. The monoisotopic (exact) mass is 900 g/mol. The maximum Gasteiger partial charge on any atom is 0.309 e. The number of anilines is 2. The van der Waals surface area contributed by atoms with E-state index in [4.69, 9.17) is 24.6 Å². The molecule has 15 heteroatoms. The summed E-state index contributed by atoms with van der Waals surface area (Å²) in [7, 11) is 5.17. The first kappa shape index (κ1) is 36.6. The fraction of sp³-hybridized carbons (Fsp3) is 0.571. The van der Waals surface area contributed by atoms with E-state index >= 15 is 4.39 Å². The molecule has 4 aromatic rings. The summed E-state index contributed by atoms with van der Waals surface area (Å²) in [4.78, 5) is 54.0. The zero-order valence-corrected chi connectivity index (χ0v) is 37.6. The number of nitrogens with zero attached hydrogens (tertiary/aromatic N) is 6. The van der Waals surface area contributed by atoms with Crippen LogP contribution >= 0.6 is 11.6 Å². The number of nitrogens with one attached hydrogen (secondary N) is 2. The molecule has 340 valence electrons. The Labute approximate surface area is 387 Å². The Morgan fingerprint density at radius 1 is 0.766 bits per heavy atom.